The van der Waals surface area contributed by atoms with Gasteiger partial charge in [0.25, 0.3) is 0 Å². The summed E-state index contributed by atoms with van der Waals surface area (Å²) in [5.41, 5.74) is 7.69. The lowest BCUT2D eigenvalue weighted by Crippen LogP contribution is -2.31. The second-order valence-electron chi connectivity index (χ2n) is 4.92. The number of aromatic nitrogens is 1. The number of hydrogen-bond acceptors (Lipinski definition) is 3. The van der Waals surface area contributed by atoms with Gasteiger partial charge in [-0.05, 0) is 53.5 Å². The van der Waals surface area contributed by atoms with E-state index in [9.17, 15) is 0 Å². The minimum absolute atomic E-state index is 0.317. The smallest absolute Gasteiger partial charge is 0.143 e. The molecule has 0 aliphatic heterocycles. The van der Waals surface area contributed by atoms with Crippen LogP contribution < -0.4 is 10.6 Å². The largest absolute Gasteiger partial charge is 0.399 e. The Hall–Kier alpha value is -1.26. The molecule has 20 heavy (non-hydrogen) atoms. The van der Waals surface area contributed by atoms with Crippen molar-refractivity contribution in [3.63, 3.8) is 0 Å². The van der Waals surface area contributed by atoms with Gasteiger partial charge >= 0.3 is 0 Å². The van der Waals surface area contributed by atoms with Crippen molar-refractivity contribution >= 4 is 39.0 Å². The summed E-state index contributed by atoms with van der Waals surface area (Å²) in [6.45, 7) is 5.05. The number of nitrogens with two attached hydrogens (primary N) is 1. The zero-order valence-electron chi connectivity index (χ0n) is 11.5. The first-order valence-electron chi connectivity index (χ1n) is 6.39. The molecule has 2 rings (SSSR count). The Bertz CT molecular complexity index is 584. The molecule has 106 valence electrons. The van der Waals surface area contributed by atoms with Crippen molar-refractivity contribution in [3.05, 3.63) is 51.6 Å². The van der Waals surface area contributed by atoms with E-state index in [0.717, 1.165) is 22.5 Å². The monoisotopic (exact) mass is 353 g/mol. The molecule has 0 atom stereocenters. The Kier molecular flexibility index (Phi) is 4.89. The summed E-state index contributed by atoms with van der Waals surface area (Å²) in [6, 6.07) is 10.1. The van der Waals surface area contributed by atoms with Crippen LogP contribution in [0.5, 0.6) is 0 Å². The van der Waals surface area contributed by atoms with Crippen LogP contribution in [0.2, 0.25) is 5.02 Å². The molecule has 0 unspecified atom stereocenters. The van der Waals surface area contributed by atoms with Gasteiger partial charge in [0.05, 0.1) is 9.50 Å². The highest BCUT2D eigenvalue weighted by atomic mass is 79.9. The molecule has 1 aromatic carbocycles. The molecule has 0 saturated heterocycles. The van der Waals surface area contributed by atoms with Gasteiger partial charge in [0.2, 0.25) is 0 Å². The number of benzene rings is 1. The molecule has 5 heteroatoms. The average Bonchev–Trinajstić information content (AvgIpc) is 2.39. The third-order valence-corrected chi connectivity index (χ3v) is 3.81. The molecule has 0 spiro atoms. The fourth-order valence-corrected chi connectivity index (χ4v) is 2.81. The first-order chi connectivity index (χ1) is 9.47. The predicted octanol–water partition coefficient (Wildman–Crippen LogP) is 4.49. The number of nitrogen functional groups attached to an aromatic ring is 1. The molecule has 2 aromatic rings. The van der Waals surface area contributed by atoms with Crippen LogP contribution in [-0.4, -0.2) is 11.0 Å². The Morgan fingerprint density at radius 3 is 2.50 bits per heavy atom. The fourth-order valence-electron chi connectivity index (χ4n) is 1.94. The Labute approximate surface area is 132 Å². The van der Waals surface area contributed by atoms with Gasteiger partial charge in [0.15, 0.2) is 0 Å². The van der Waals surface area contributed by atoms with E-state index in [1.54, 1.807) is 6.20 Å². The van der Waals surface area contributed by atoms with Gasteiger partial charge in [-0.1, -0.05) is 23.7 Å². The minimum Gasteiger partial charge on any atom is -0.399 e. The zero-order valence-corrected chi connectivity index (χ0v) is 13.8. The summed E-state index contributed by atoms with van der Waals surface area (Å²) in [5, 5.41) is 0.622. The first kappa shape index (κ1) is 15.1. The molecule has 0 fully saturated rings. The number of rotatable bonds is 4. The summed E-state index contributed by atoms with van der Waals surface area (Å²) >= 11 is 9.49. The molecule has 0 aliphatic rings. The van der Waals surface area contributed by atoms with Crippen LogP contribution in [0, 0.1) is 0 Å². The maximum atomic E-state index is 5.95. The number of anilines is 2. The maximum Gasteiger partial charge on any atom is 0.143 e. The van der Waals surface area contributed by atoms with Gasteiger partial charge in [0.1, 0.15) is 5.82 Å². The Balaban J connectivity index is 2.29. The highest BCUT2D eigenvalue weighted by Gasteiger charge is 2.16. The van der Waals surface area contributed by atoms with Crippen molar-refractivity contribution in [2.24, 2.45) is 0 Å². The number of nitrogens with zero attached hydrogens (tertiary/aromatic N) is 2. The first-order valence-corrected chi connectivity index (χ1v) is 7.56. The molecule has 1 heterocycles. The summed E-state index contributed by atoms with van der Waals surface area (Å²) < 4.78 is 0.897. The second kappa shape index (κ2) is 6.46. The topological polar surface area (TPSA) is 42.1 Å². The summed E-state index contributed by atoms with van der Waals surface area (Å²) in [6.07, 6.45) is 1.67. The SMILES string of the molecule is CC(C)N(Cc1ccc(N)cc1)c1ncc(Cl)cc1Br. The van der Waals surface area contributed by atoms with E-state index in [4.69, 9.17) is 17.3 Å². The lowest BCUT2D eigenvalue weighted by atomic mass is 10.1. The van der Waals surface area contributed by atoms with Gasteiger partial charge in [-0.15, -0.1) is 0 Å². The van der Waals surface area contributed by atoms with E-state index in [-0.39, 0.29) is 0 Å². The van der Waals surface area contributed by atoms with Crippen molar-refractivity contribution in [1.29, 1.82) is 0 Å². The van der Waals surface area contributed by atoms with E-state index in [1.165, 1.54) is 5.56 Å². The normalized spacial score (nSPS) is 10.8. The van der Waals surface area contributed by atoms with E-state index < -0.39 is 0 Å². The van der Waals surface area contributed by atoms with E-state index in [1.807, 2.05) is 30.3 Å². The molecular formula is C15H17BrClN3. The quantitative estimate of drug-likeness (QED) is 0.822. The zero-order chi connectivity index (χ0) is 14.7. The van der Waals surface area contributed by atoms with Crippen LogP contribution in [0.3, 0.4) is 0 Å². The van der Waals surface area contributed by atoms with Crippen LogP contribution in [0.1, 0.15) is 19.4 Å². The predicted molar refractivity (Wildman–Crippen MR) is 89.1 cm³/mol. The summed E-state index contributed by atoms with van der Waals surface area (Å²) in [4.78, 5) is 6.65. The Morgan fingerprint density at radius 2 is 1.95 bits per heavy atom. The number of pyridine rings is 1. The molecule has 0 radical (unpaired) electrons. The molecular weight excluding hydrogens is 338 g/mol. The van der Waals surface area contributed by atoms with Crippen molar-refractivity contribution in [1.82, 2.24) is 4.98 Å². The highest BCUT2D eigenvalue weighted by Crippen LogP contribution is 2.29. The van der Waals surface area contributed by atoms with Gasteiger partial charge in [-0.2, -0.15) is 0 Å². The number of halogens is 2. The van der Waals surface area contributed by atoms with Gasteiger partial charge < -0.3 is 10.6 Å². The van der Waals surface area contributed by atoms with E-state index >= 15 is 0 Å². The standard InChI is InChI=1S/C15H17BrClN3/c1-10(2)20(9-11-3-5-13(18)6-4-11)15-14(16)7-12(17)8-19-15/h3-8,10H,9,18H2,1-2H3. The molecule has 2 N–H and O–H groups in total. The second-order valence-corrected chi connectivity index (χ2v) is 6.21. The van der Waals surface area contributed by atoms with Crippen LogP contribution in [0.25, 0.3) is 0 Å². The Morgan fingerprint density at radius 1 is 1.30 bits per heavy atom. The van der Waals surface area contributed by atoms with E-state index in [0.29, 0.717) is 11.1 Å². The molecule has 0 aliphatic carbocycles. The molecule has 0 bridgehead atoms. The lowest BCUT2D eigenvalue weighted by molar-refractivity contribution is 0.671. The fraction of sp³-hybridized carbons (Fsp3) is 0.267. The highest BCUT2D eigenvalue weighted by molar-refractivity contribution is 9.10. The van der Waals surface area contributed by atoms with Crippen molar-refractivity contribution < 1.29 is 0 Å². The molecule has 0 amide bonds. The molecule has 0 saturated carbocycles. The van der Waals surface area contributed by atoms with Gasteiger partial charge in [-0.25, -0.2) is 4.98 Å². The van der Waals surface area contributed by atoms with Gasteiger partial charge in [-0.3, -0.25) is 0 Å². The van der Waals surface area contributed by atoms with Crippen LogP contribution in [0.4, 0.5) is 11.5 Å². The van der Waals surface area contributed by atoms with Crippen LogP contribution >= 0.6 is 27.5 Å². The van der Waals surface area contributed by atoms with Crippen molar-refractivity contribution in [2.75, 3.05) is 10.6 Å². The minimum atomic E-state index is 0.317. The maximum absolute atomic E-state index is 5.95. The molecule has 1 aromatic heterocycles. The summed E-state index contributed by atoms with van der Waals surface area (Å²) in [7, 11) is 0. The van der Waals surface area contributed by atoms with Crippen molar-refractivity contribution in [2.45, 2.75) is 26.4 Å². The van der Waals surface area contributed by atoms with Crippen LogP contribution in [-0.2, 0) is 6.54 Å². The third kappa shape index (κ3) is 3.64. The lowest BCUT2D eigenvalue weighted by Gasteiger charge is -2.29. The summed E-state index contributed by atoms with van der Waals surface area (Å²) in [5.74, 6) is 0.890. The van der Waals surface area contributed by atoms with Crippen molar-refractivity contribution in [3.8, 4) is 0 Å². The van der Waals surface area contributed by atoms with Crippen LogP contribution in [0.15, 0.2) is 41.0 Å². The third-order valence-electron chi connectivity index (χ3n) is 3.02. The average molecular weight is 355 g/mol. The molecule has 3 nitrogen and oxygen atoms in total. The van der Waals surface area contributed by atoms with E-state index in [2.05, 4.69) is 39.7 Å². The van der Waals surface area contributed by atoms with Gasteiger partial charge in [0, 0.05) is 24.5 Å². The number of hydrogen-bond donors (Lipinski definition) is 1.